The van der Waals surface area contributed by atoms with Crippen molar-refractivity contribution in [2.45, 2.75) is 280 Å². The molecule has 0 aromatic carbocycles. The van der Waals surface area contributed by atoms with E-state index in [1.807, 2.05) is 32.1 Å². The predicted octanol–water partition coefficient (Wildman–Crippen LogP) is 18.2. The SMILES string of the molecule is C/C=C\C.C=CCCCN(CCCCCC(C)=O)CCCCCC(=O)OCC(CCCCCC)CCCCCCCC.CCCCCCCCC(CC)CCCCCC. The first-order chi connectivity index (χ1) is 28.8. The molecule has 0 aliphatic rings. The molecule has 0 heterocycles. The number of Topliss-reactive ketones (excluding diaryl/α,β-unsaturated/α-hetero) is 1. The van der Waals surface area contributed by atoms with Gasteiger partial charge in [0.25, 0.3) is 0 Å². The molecule has 59 heavy (non-hydrogen) atoms. The summed E-state index contributed by atoms with van der Waals surface area (Å²) in [4.78, 5) is 26.1. The molecular formula is C55H109NO3. The third-order valence-corrected chi connectivity index (χ3v) is 12.0. The highest BCUT2D eigenvalue weighted by Gasteiger charge is 2.13. The van der Waals surface area contributed by atoms with E-state index in [0.717, 1.165) is 76.9 Å². The topological polar surface area (TPSA) is 46.6 Å². The summed E-state index contributed by atoms with van der Waals surface area (Å²) < 4.78 is 5.76. The number of esters is 1. The van der Waals surface area contributed by atoms with Crippen molar-refractivity contribution in [2.75, 3.05) is 26.2 Å². The lowest BCUT2D eigenvalue weighted by Gasteiger charge is -2.22. The van der Waals surface area contributed by atoms with E-state index >= 15 is 0 Å². The maximum Gasteiger partial charge on any atom is 0.305 e. The van der Waals surface area contributed by atoms with Crippen LogP contribution in [0.1, 0.15) is 280 Å². The monoisotopic (exact) mass is 832 g/mol. The fourth-order valence-corrected chi connectivity index (χ4v) is 7.76. The Balaban J connectivity index is -0.00000123. The van der Waals surface area contributed by atoms with Crippen molar-refractivity contribution >= 4 is 11.8 Å². The molecule has 0 radical (unpaired) electrons. The zero-order valence-electron chi connectivity index (χ0n) is 41.8. The second-order valence-electron chi connectivity index (χ2n) is 17.9. The van der Waals surface area contributed by atoms with Gasteiger partial charge in [0.2, 0.25) is 0 Å². The van der Waals surface area contributed by atoms with E-state index in [0.29, 0.717) is 31.1 Å². The van der Waals surface area contributed by atoms with Crippen molar-refractivity contribution in [3.05, 3.63) is 24.8 Å². The Labute approximate surface area is 372 Å². The van der Waals surface area contributed by atoms with Crippen LogP contribution in [0.4, 0.5) is 0 Å². The normalized spacial score (nSPS) is 12.2. The van der Waals surface area contributed by atoms with E-state index in [1.165, 1.54) is 161 Å². The van der Waals surface area contributed by atoms with Crippen LogP contribution >= 0.6 is 0 Å². The Morgan fingerprint density at radius 1 is 0.492 bits per heavy atom. The number of carbonyl (C=O) groups is 2. The quantitative estimate of drug-likeness (QED) is 0.0349. The van der Waals surface area contributed by atoms with Crippen LogP contribution in [0.2, 0.25) is 0 Å². The van der Waals surface area contributed by atoms with E-state index in [9.17, 15) is 9.59 Å². The maximum absolute atomic E-state index is 12.4. The molecule has 0 N–H and O–H groups in total. The van der Waals surface area contributed by atoms with Crippen molar-refractivity contribution in [1.29, 1.82) is 0 Å². The zero-order valence-corrected chi connectivity index (χ0v) is 41.8. The average Bonchev–Trinajstić information content (AvgIpc) is 3.24. The van der Waals surface area contributed by atoms with Crippen LogP contribution in [0.15, 0.2) is 24.8 Å². The number of hydrogen-bond acceptors (Lipinski definition) is 4. The summed E-state index contributed by atoms with van der Waals surface area (Å²) in [5.41, 5.74) is 0. The maximum atomic E-state index is 12.4. The Morgan fingerprint density at radius 3 is 1.27 bits per heavy atom. The zero-order chi connectivity index (χ0) is 44.3. The molecule has 2 unspecified atom stereocenters. The van der Waals surface area contributed by atoms with Gasteiger partial charge < -0.3 is 14.4 Å². The van der Waals surface area contributed by atoms with E-state index in [1.54, 1.807) is 6.92 Å². The van der Waals surface area contributed by atoms with E-state index in [-0.39, 0.29) is 5.97 Å². The summed E-state index contributed by atoms with van der Waals surface area (Å²) in [5.74, 6) is 1.87. The minimum Gasteiger partial charge on any atom is -0.465 e. The van der Waals surface area contributed by atoms with Crippen molar-refractivity contribution in [3.63, 3.8) is 0 Å². The molecule has 0 aromatic rings. The van der Waals surface area contributed by atoms with Gasteiger partial charge in [-0.05, 0) is 104 Å². The molecule has 352 valence electrons. The minimum absolute atomic E-state index is 0.000172. The summed E-state index contributed by atoms with van der Waals surface area (Å²) in [5, 5.41) is 0. The fourth-order valence-electron chi connectivity index (χ4n) is 7.76. The van der Waals surface area contributed by atoms with Crippen molar-refractivity contribution in [3.8, 4) is 0 Å². The highest BCUT2D eigenvalue weighted by molar-refractivity contribution is 5.75. The van der Waals surface area contributed by atoms with Crippen LogP contribution in [-0.2, 0) is 14.3 Å². The van der Waals surface area contributed by atoms with Gasteiger partial charge in [-0.3, -0.25) is 4.79 Å². The van der Waals surface area contributed by atoms with Gasteiger partial charge in [0.15, 0.2) is 0 Å². The molecule has 0 saturated heterocycles. The Hall–Kier alpha value is -1.42. The van der Waals surface area contributed by atoms with Crippen LogP contribution in [0.25, 0.3) is 0 Å². The minimum atomic E-state index is -0.000172. The van der Waals surface area contributed by atoms with E-state index in [4.69, 9.17) is 4.74 Å². The fraction of sp³-hybridized carbons (Fsp3) is 0.891. The van der Waals surface area contributed by atoms with Crippen LogP contribution < -0.4 is 0 Å². The summed E-state index contributed by atoms with van der Waals surface area (Å²) in [6.45, 7) is 25.0. The molecular weight excluding hydrogens is 723 g/mol. The molecule has 4 heteroatoms. The summed E-state index contributed by atoms with van der Waals surface area (Å²) in [6.07, 6.45) is 50.3. The molecule has 4 nitrogen and oxygen atoms in total. The number of nitrogens with zero attached hydrogens (tertiary/aromatic N) is 1. The molecule has 0 aliphatic heterocycles. The Bertz CT molecular complexity index is 849. The molecule has 0 rings (SSSR count). The lowest BCUT2D eigenvalue weighted by molar-refractivity contribution is -0.145. The smallest absolute Gasteiger partial charge is 0.305 e. The highest BCUT2D eigenvalue weighted by Crippen LogP contribution is 2.22. The van der Waals surface area contributed by atoms with E-state index < -0.39 is 0 Å². The number of ketones is 1. The Morgan fingerprint density at radius 2 is 0.864 bits per heavy atom. The summed E-state index contributed by atoms with van der Waals surface area (Å²) in [7, 11) is 0. The second-order valence-corrected chi connectivity index (χ2v) is 17.9. The molecule has 0 spiro atoms. The third-order valence-electron chi connectivity index (χ3n) is 12.0. The van der Waals surface area contributed by atoms with Crippen molar-refractivity contribution in [1.82, 2.24) is 4.90 Å². The largest absolute Gasteiger partial charge is 0.465 e. The van der Waals surface area contributed by atoms with Crippen LogP contribution in [0, 0.1) is 11.8 Å². The molecule has 0 amide bonds. The molecule has 2 atom stereocenters. The molecule has 0 bridgehead atoms. The first-order valence-corrected chi connectivity index (χ1v) is 26.3. The van der Waals surface area contributed by atoms with Crippen molar-refractivity contribution in [2.24, 2.45) is 11.8 Å². The van der Waals surface area contributed by atoms with Gasteiger partial charge in [-0.2, -0.15) is 0 Å². The number of carbonyl (C=O) groups excluding carboxylic acids is 2. The standard InChI is InChI=1S/C34H65NO3.C17H36.C4H8/c1-5-8-11-13-14-19-26-33(25-18-12-9-6-2)31-38-34(37)27-20-16-23-30-35(28-21-10-7-3)29-22-15-17-24-32(4)36;1-4-7-9-11-12-14-16-17(6-3)15-13-10-8-5-2;1-3-4-2/h7,33H,3,5-6,8-31H2,1-2,4H3;17H,4-16H2,1-3H3;3-4H,1-2H3/b;;4-3-. The van der Waals surface area contributed by atoms with Gasteiger partial charge in [-0.15, -0.1) is 6.58 Å². The number of ether oxygens (including phenoxy) is 1. The molecule has 0 fully saturated rings. The number of hydrogen-bond donors (Lipinski definition) is 0. The number of unbranched alkanes of at least 4 members (excludes halogenated alkanes) is 21. The molecule has 0 aromatic heterocycles. The molecule has 0 aliphatic carbocycles. The Kier molecular flexibility index (Phi) is 57.3. The number of allylic oxidation sites excluding steroid dienone is 3. The van der Waals surface area contributed by atoms with Gasteiger partial charge in [-0.25, -0.2) is 0 Å². The highest BCUT2D eigenvalue weighted by atomic mass is 16.5. The van der Waals surface area contributed by atoms with Gasteiger partial charge in [0.05, 0.1) is 6.61 Å². The first-order valence-electron chi connectivity index (χ1n) is 26.3. The number of rotatable bonds is 43. The lowest BCUT2D eigenvalue weighted by Crippen LogP contribution is -2.27. The lowest BCUT2D eigenvalue weighted by atomic mass is 9.92. The molecule has 0 saturated carbocycles. The van der Waals surface area contributed by atoms with E-state index in [2.05, 4.69) is 46.1 Å². The van der Waals surface area contributed by atoms with Gasteiger partial charge >= 0.3 is 5.97 Å². The van der Waals surface area contributed by atoms with Crippen LogP contribution in [0.3, 0.4) is 0 Å². The first kappa shape index (κ1) is 61.9. The average molecular weight is 832 g/mol. The van der Waals surface area contributed by atoms with Gasteiger partial charge in [-0.1, -0.05) is 213 Å². The van der Waals surface area contributed by atoms with Gasteiger partial charge in [0.1, 0.15) is 5.78 Å². The summed E-state index contributed by atoms with van der Waals surface area (Å²) >= 11 is 0. The third kappa shape index (κ3) is 54.6. The summed E-state index contributed by atoms with van der Waals surface area (Å²) in [6, 6.07) is 0. The predicted molar refractivity (Wildman–Crippen MR) is 266 cm³/mol. The second kappa shape index (κ2) is 54.6. The van der Waals surface area contributed by atoms with Crippen LogP contribution in [-0.4, -0.2) is 42.9 Å². The van der Waals surface area contributed by atoms with Crippen LogP contribution in [0.5, 0.6) is 0 Å². The van der Waals surface area contributed by atoms with Crippen molar-refractivity contribution < 1.29 is 14.3 Å². The van der Waals surface area contributed by atoms with Gasteiger partial charge in [0, 0.05) is 12.8 Å².